The van der Waals surface area contributed by atoms with Crippen LogP contribution in [0.2, 0.25) is 0 Å². The molecule has 3 aromatic rings. The first-order chi connectivity index (χ1) is 12.3. The highest BCUT2D eigenvalue weighted by Gasteiger charge is 2.42. The number of rotatable bonds is 5. The Morgan fingerprint density at radius 2 is 2.00 bits per heavy atom. The van der Waals surface area contributed by atoms with Crippen LogP contribution in [0.5, 0.6) is 0 Å². The largest absolute Gasteiger partial charge is 0.382 e. The van der Waals surface area contributed by atoms with Crippen molar-refractivity contribution in [1.29, 1.82) is 0 Å². The van der Waals surface area contributed by atoms with E-state index in [1.54, 1.807) is 0 Å². The Hall–Kier alpha value is -2.33. The van der Waals surface area contributed by atoms with E-state index in [2.05, 4.69) is 36.0 Å². The van der Waals surface area contributed by atoms with E-state index in [1.807, 2.05) is 0 Å². The summed E-state index contributed by atoms with van der Waals surface area (Å²) in [6.07, 6.45) is 3.69. The molecule has 0 aliphatic heterocycles. The van der Waals surface area contributed by atoms with Gasteiger partial charge in [0.2, 0.25) is 0 Å². The summed E-state index contributed by atoms with van der Waals surface area (Å²) >= 11 is 2.96. The first-order valence-corrected chi connectivity index (χ1v) is 8.28. The molecule has 2 heterocycles. The van der Waals surface area contributed by atoms with Crippen LogP contribution in [0.1, 0.15) is 24.1 Å². The SMILES string of the molecule is C[C@H](c1ncnc(Br)c1F)[C@@](O)(Cn1cncn1)c1ccc(F)cc1F. The van der Waals surface area contributed by atoms with Crippen LogP contribution < -0.4 is 0 Å². The number of benzene rings is 1. The van der Waals surface area contributed by atoms with Gasteiger partial charge in [0.05, 0.1) is 12.2 Å². The molecule has 0 bridgehead atoms. The molecule has 0 fully saturated rings. The van der Waals surface area contributed by atoms with Crippen LogP contribution in [0.4, 0.5) is 13.2 Å². The van der Waals surface area contributed by atoms with Crippen molar-refractivity contribution in [1.82, 2.24) is 24.7 Å². The summed E-state index contributed by atoms with van der Waals surface area (Å²) in [6.45, 7) is 1.23. The fourth-order valence-electron chi connectivity index (χ4n) is 2.75. The number of aromatic nitrogens is 5. The summed E-state index contributed by atoms with van der Waals surface area (Å²) in [5, 5.41) is 15.3. The van der Waals surface area contributed by atoms with Crippen LogP contribution in [0.25, 0.3) is 0 Å². The molecule has 10 heteroatoms. The lowest BCUT2D eigenvalue weighted by Crippen LogP contribution is -2.39. The molecule has 136 valence electrons. The fourth-order valence-corrected chi connectivity index (χ4v) is 3.04. The summed E-state index contributed by atoms with van der Waals surface area (Å²) in [7, 11) is 0. The Morgan fingerprint density at radius 3 is 2.65 bits per heavy atom. The minimum absolute atomic E-state index is 0.0861. The van der Waals surface area contributed by atoms with Crippen LogP contribution in [0.3, 0.4) is 0 Å². The normalized spacial score (nSPS) is 14.8. The van der Waals surface area contributed by atoms with Gasteiger partial charge in [0.1, 0.15) is 40.8 Å². The number of halogens is 4. The van der Waals surface area contributed by atoms with Crippen molar-refractivity contribution in [3.63, 3.8) is 0 Å². The number of hydrogen-bond donors (Lipinski definition) is 1. The highest BCUT2D eigenvalue weighted by Crippen LogP contribution is 2.40. The predicted molar refractivity (Wildman–Crippen MR) is 88.4 cm³/mol. The van der Waals surface area contributed by atoms with E-state index < -0.39 is 29.0 Å². The molecule has 3 rings (SSSR count). The predicted octanol–water partition coefficient (Wildman–Crippen LogP) is 2.94. The van der Waals surface area contributed by atoms with E-state index in [0.717, 1.165) is 18.5 Å². The van der Waals surface area contributed by atoms with Crippen molar-refractivity contribution in [3.8, 4) is 0 Å². The minimum Gasteiger partial charge on any atom is -0.382 e. The Balaban J connectivity index is 2.15. The monoisotopic (exact) mass is 427 g/mol. The molecular formula is C16H13BrF3N5O. The van der Waals surface area contributed by atoms with E-state index >= 15 is 0 Å². The van der Waals surface area contributed by atoms with E-state index in [-0.39, 0.29) is 22.4 Å². The van der Waals surface area contributed by atoms with Crippen molar-refractivity contribution < 1.29 is 18.3 Å². The van der Waals surface area contributed by atoms with E-state index in [4.69, 9.17) is 0 Å². The molecule has 0 spiro atoms. The van der Waals surface area contributed by atoms with Crippen LogP contribution in [-0.2, 0) is 12.1 Å². The first-order valence-electron chi connectivity index (χ1n) is 7.49. The molecular weight excluding hydrogens is 415 g/mol. The molecule has 0 unspecified atom stereocenters. The Morgan fingerprint density at radius 1 is 1.23 bits per heavy atom. The second kappa shape index (κ2) is 7.12. The fraction of sp³-hybridized carbons (Fsp3) is 0.250. The molecule has 1 N–H and O–H groups in total. The highest BCUT2D eigenvalue weighted by molar-refractivity contribution is 9.10. The van der Waals surface area contributed by atoms with Gasteiger partial charge in [0.25, 0.3) is 0 Å². The van der Waals surface area contributed by atoms with Crippen LogP contribution >= 0.6 is 15.9 Å². The molecule has 2 atom stereocenters. The van der Waals surface area contributed by atoms with Crippen molar-refractivity contribution in [2.45, 2.75) is 25.0 Å². The van der Waals surface area contributed by atoms with Gasteiger partial charge in [-0.1, -0.05) is 13.0 Å². The highest BCUT2D eigenvalue weighted by atomic mass is 79.9. The molecule has 0 saturated heterocycles. The Kier molecular flexibility index (Phi) is 5.05. The molecule has 0 aliphatic rings. The Labute approximate surface area is 154 Å². The minimum atomic E-state index is -1.99. The molecule has 0 radical (unpaired) electrons. The molecule has 0 saturated carbocycles. The average Bonchev–Trinajstić information content (AvgIpc) is 3.09. The third-order valence-electron chi connectivity index (χ3n) is 4.17. The van der Waals surface area contributed by atoms with Gasteiger partial charge >= 0.3 is 0 Å². The number of aliphatic hydroxyl groups is 1. The van der Waals surface area contributed by atoms with Crippen molar-refractivity contribution in [2.24, 2.45) is 0 Å². The van der Waals surface area contributed by atoms with Crippen molar-refractivity contribution >= 4 is 15.9 Å². The zero-order valence-corrected chi connectivity index (χ0v) is 15.0. The van der Waals surface area contributed by atoms with Gasteiger partial charge in [-0.15, -0.1) is 0 Å². The zero-order chi connectivity index (χ0) is 18.9. The zero-order valence-electron chi connectivity index (χ0n) is 13.4. The summed E-state index contributed by atoms with van der Waals surface area (Å²) in [6, 6.07) is 2.79. The summed E-state index contributed by atoms with van der Waals surface area (Å²) in [5.41, 5.74) is -2.32. The van der Waals surface area contributed by atoms with Gasteiger partial charge < -0.3 is 5.11 Å². The van der Waals surface area contributed by atoms with Gasteiger partial charge in [-0.3, -0.25) is 0 Å². The lowest BCUT2D eigenvalue weighted by atomic mass is 9.79. The van der Waals surface area contributed by atoms with Gasteiger partial charge in [-0.05, 0) is 22.0 Å². The van der Waals surface area contributed by atoms with E-state index in [0.29, 0.717) is 6.07 Å². The van der Waals surface area contributed by atoms with Gasteiger partial charge in [0, 0.05) is 17.5 Å². The molecule has 6 nitrogen and oxygen atoms in total. The third-order valence-corrected chi connectivity index (χ3v) is 4.72. The number of nitrogens with zero attached hydrogens (tertiary/aromatic N) is 5. The average molecular weight is 428 g/mol. The lowest BCUT2D eigenvalue weighted by molar-refractivity contribution is -0.0134. The van der Waals surface area contributed by atoms with E-state index in [1.165, 1.54) is 24.3 Å². The number of hydrogen-bond acceptors (Lipinski definition) is 5. The second-order valence-electron chi connectivity index (χ2n) is 5.73. The van der Waals surface area contributed by atoms with Gasteiger partial charge in [0.15, 0.2) is 5.82 Å². The summed E-state index contributed by atoms with van der Waals surface area (Å²) in [5.74, 6) is -3.56. The van der Waals surface area contributed by atoms with Crippen LogP contribution in [0, 0.1) is 17.5 Å². The summed E-state index contributed by atoms with van der Waals surface area (Å²) < 4.78 is 43.4. The van der Waals surface area contributed by atoms with Crippen molar-refractivity contribution in [3.05, 3.63) is 70.5 Å². The van der Waals surface area contributed by atoms with Crippen LogP contribution in [0.15, 0.2) is 41.8 Å². The standard InChI is InChI=1S/C16H13BrF3N5O/c1-9(14-13(20)15(17)23-7-22-14)16(26,5-25-8-21-6-24-25)11-3-2-10(18)4-12(11)19/h2-4,6-9,26H,5H2,1H3/t9-,16+/m1/s1. The first kappa shape index (κ1) is 18.5. The molecule has 2 aromatic heterocycles. The lowest BCUT2D eigenvalue weighted by Gasteiger charge is -2.34. The quantitative estimate of drug-likeness (QED) is 0.633. The topological polar surface area (TPSA) is 76.7 Å². The summed E-state index contributed by atoms with van der Waals surface area (Å²) in [4.78, 5) is 11.3. The maximum atomic E-state index is 14.5. The van der Waals surface area contributed by atoms with Gasteiger partial charge in [-0.25, -0.2) is 32.8 Å². The molecule has 0 aliphatic carbocycles. The van der Waals surface area contributed by atoms with Gasteiger partial charge in [-0.2, -0.15) is 5.10 Å². The maximum absolute atomic E-state index is 14.5. The van der Waals surface area contributed by atoms with E-state index in [9.17, 15) is 18.3 Å². The van der Waals surface area contributed by atoms with Crippen molar-refractivity contribution in [2.75, 3.05) is 0 Å². The smallest absolute Gasteiger partial charge is 0.177 e. The molecule has 26 heavy (non-hydrogen) atoms. The Bertz CT molecular complexity index is 924. The molecule has 0 amide bonds. The third kappa shape index (κ3) is 3.34. The second-order valence-corrected chi connectivity index (χ2v) is 6.48. The van der Waals surface area contributed by atoms with Crippen LogP contribution in [-0.4, -0.2) is 29.8 Å². The maximum Gasteiger partial charge on any atom is 0.177 e. The molecule has 1 aromatic carbocycles.